The van der Waals surface area contributed by atoms with Gasteiger partial charge in [-0.05, 0) is 44.0 Å². The summed E-state index contributed by atoms with van der Waals surface area (Å²) in [5, 5.41) is 6.85. The molecule has 3 atom stereocenters. The second kappa shape index (κ2) is 7.69. The number of halogens is 5. The average molecular weight is 417 g/mol. The number of alkyl halides is 3. The molecule has 0 saturated heterocycles. The third-order valence-electron chi connectivity index (χ3n) is 4.96. The fraction of sp³-hybridized carbons (Fsp3) is 0.500. The highest BCUT2D eigenvalue weighted by Crippen LogP contribution is 2.34. The van der Waals surface area contributed by atoms with Crippen LogP contribution in [-0.4, -0.2) is 37.7 Å². The number of nitrogens with zero attached hydrogens (tertiary/aromatic N) is 4. The fourth-order valence-electron chi connectivity index (χ4n) is 3.72. The molecule has 1 amide bonds. The molecule has 0 aliphatic carbocycles. The van der Waals surface area contributed by atoms with Crippen molar-refractivity contribution in [2.24, 2.45) is 5.73 Å². The first kappa shape index (κ1) is 21.2. The highest BCUT2D eigenvalue weighted by atomic mass is 19.4. The van der Waals surface area contributed by atoms with Gasteiger partial charge in [-0.2, -0.15) is 13.2 Å². The molecule has 29 heavy (non-hydrogen) atoms. The first-order valence-electron chi connectivity index (χ1n) is 9.00. The number of hydrogen-bond donors (Lipinski definition) is 1. The van der Waals surface area contributed by atoms with Crippen LogP contribution in [0.15, 0.2) is 18.2 Å². The molecule has 2 unspecified atom stereocenters. The van der Waals surface area contributed by atoms with E-state index in [0.29, 0.717) is 0 Å². The predicted molar refractivity (Wildman–Crippen MR) is 92.4 cm³/mol. The summed E-state index contributed by atoms with van der Waals surface area (Å²) in [6.45, 7) is 3.07. The van der Waals surface area contributed by atoms with E-state index in [9.17, 15) is 26.7 Å². The van der Waals surface area contributed by atoms with Gasteiger partial charge >= 0.3 is 6.18 Å². The van der Waals surface area contributed by atoms with Crippen LogP contribution in [0.3, 0.4) is 0 Å². The van der Waals surface area contributed by atoms with Gasteiger partial charge in [0.1, 0.15) is 11.6 Å². The van der Waals surface area contributed by atoms with Crippen LogP contribution in [-0.2, 0) is 23.9 Å². The van der Waals surface area contributed by atoms with Gasteiger partial charge in [-0.3, -0.25) is 4.79 Å². The Kier molecular flexibility index (Phi) is 5.61. The van der Waals surface area contributed by atoms with Crippen LogP contribution in [0.1, 0.15) is 43.5 Å². The summed E-state index contributed by atoms with van der Waals surface area (Å²) in [5.74, 6) is -2.71. The van der Waals surface area contributed by atoms with E-state index in [1.54, 1.807) is 13.8 Å². The van der Waals surface area contributed by atoms with Crippen molar-refractivity contribution in [1.29, 1.82) is 0 Å². The fourth-order valence-corrected chi connectivity index (χ4v) is 3.72. The Morgan fingerprint density at radius 3 is 2.62 bits per heavy atom. The van der Waals surface area contributed by atoms with Gasteiger partial charge in [0.15, 0.2) is 5.82 Å². The Labute approximate surface area is 163 Å². The molecule has 2 heterocycles. The van der Waals surface area contributed by atoms with Crippen molar-refractivity contribution >= 4 is 5.91 Å². The number of aromatic nitrogens is 3. The van der Waals surface area contributed by atoms with E-state index in [0.717, 1.165) is 22.8 Å². The van der Waals surface area contributed by atoms with Gasteiger partial charge in [-0.15, -0.1) is 10.2 Å². The number of amides is 1. The number of nitrogens with two attached hydrogens (primary N) is 1. The molecule has 1 aromatic carbocycles. The molecule has 3 rings (SSSR count). The monoisotopic (exact) mass is 417 g/mol. The average Bonchev–Trinajstić information content (AvgIpc) is 3.02. The molecule has 1 aliphatic heterocycles. The van der Waals surface area contributed by atoms with E-state index >= 15 is 0 Å². The molecule has 1 aromatic heterocycles. The lowest BCUT2D eigenvalue weighted by atomic mass is 10.0. The third kappa shape index (κ3) is 4.24. The van der Waals surface area contributed by atoms with Crippen molar-refractivity contribution in [3.05, 3.63) is 47.0 Å². The second-order valence-electron chi connectivity index (χ2n) is 7.22. The molecular formula is C18H20F5N5O. The van der Waals surface area contributed by atoms with Gasteiger partial charge in [0.25, 0.3) is 0 Å². The summed E-state index contributed by atoms with van der Waals surface area (Å²) < 4.78 is 67.3. The number of fused-ring (bicyclic) bond motifs is 1. The summed E-state index contributed by atoms with van der Waals surface area (Å²) >= 11 is 0. The summed E-state index contributed by atoms with van der Waals surface area (Å²) in [5.41, 5.74) is 6.02. The lowest BCUT2D eigenvalue weighted by Crippen LogP contribution is -2.49. The molecule has 2 aromatic rings. The van der Waals surface area contributed by atoms with E-state index in [2.05, 4.69) is 10.2 Å². The zero-order valence-electron chi connectivity index (χ0n) is 15.7. The van der Waals surface area contributed by atoms with Gasteiger partial charge in [-0.1, -0.05) is 0 Å². The molecule has 0 saturated carbocycles. The second-order valence-corrected chi connectivity index (χ2v) is 7.22. The minimum Gasteiger partial charge on any atom is -0.328 e. The number of carbonyl (C=O) groups excluding carboxylic acids is 1. The van der Waals surface area contributed by atoms with Crippen LogP contribution in [0.2, 0.25) is 0 Å². The van der Waals surface area contributed by atoms with E-state index < -0.39 is 47.7 Å². The lowest BCUT2D eigenvalue weighted by Gasteiger charge is -2.39. The number of carbonyl (C=O) groups is 1. The smallest absolute Gasteiger partial charge is 0.328 e. The van der Waals surface area contributed by atoms with Gasteiger partial charge in [-0.25, -0.2) is 8.78 Å². The molecule has 0 fully saturated rings. The highest BCUT2D eigenvalue weighted by Gasteiger charge is 2.43. The normalized spacial score (nSPS) is 20.5. The van der Waals surface area contributed by atoms with Gasteiger partial charge in [0, 0.05) is 25.0 Å². The minimum absolute atomic E-state index is 0.0357. The molecule has 2 N–H and O–H groups in total. The first-order chi connectivity index (χ1) is 13.5. The van der Waals surface area contributed by atoms with Crippen LogP contribution in [0.5, 0.6) is 0 Å². The number of rotatable bonds is 4. The van der Waals surface area contributed by atoms with Gasteiger partial charge < -0.3 is 15.2 Å². The quantitative estimate of drug-likeness (QED) is 0.777. The van der Waals surface area contributed by atoms with Crippen LogP contribution >= 0.6 is 0 Å². The standard InChI is InChI=1S/C18H20F5N5O/c1-9-8-27-16(25-26-17(27)18(21,22)23)10(2)28(9)15(29)7-13(24)6-11-5-12(19)3-4-14(11)20/h3-5,9-10,13H,6-8,24H2,1-2H3/t9?,10?,13-/m1/s1. The Morgan fingerprint density at radius 2 is 1.97 bits per heavy atom. The topological polar surface area (TPSA) is 77.0 Å². The van der Waals surface area contributed by atoms with Crippen LogP contribution in [0.4, 0.5) is 22.0 Å². The Morgan fingerprint density at radius 1 is 1.28 bits per heavy atom. The van der Waals surface area contributed by atoms with Gasteiger partial charge in [0.05, 0.1) is 6.04 Å². The van der Waals surface area contributed by atoms with Crippen molar-refractivity contribution in [3.63, 3.8) is 0 Å². The SMILES string of the molecule is CC1Cn2c(nnc2C(F)(F)F)C(C)N1C(=O)C[C@H](N)Cc1cc(F)ccc1F. The van der Waals surface area contributed by atoms with Crippen LogP contribution in [0.25, 0.3) is 0 Å². The van der Waals surface area contributed by atoms with E-state index in [1.165, 1.54) is 4.90 Å². The third-order valence-corrected chi connectivity index (χ3v) is 4.96. The van der Waals surface area contributed by atoms with Crippen molar-refractivity contribution in [2.45, 2.75) is 57.5 Å². The minimum atomic E-state index is -4.64. The van der Waals surface area contributed by atoms with Crippen LogP contribution < -0.4 is 5.73 Å². The van der Waals surface area contributed by atoms with Crippen molar-refractivity contribution in [3.8, 4) is 0 Å². The van der Waals surface area contributed by atoms with E-state index in [-0.39, 0.29) is 30.8 Å². The lowest BCUT2D eigenvalue weighted by molar-refractivity contribution is -0.149. The van der Waals surface area contributed by atoms with Crippen molar-refractivity contribution in [1.82, 2.24) is 19.7 Å². The summed E-state index contributed by atoms with van der Waals surface area (Å²) in [4.78, 5) is 14.2. The molecule has 1 aliphatic rings. The predicted octanol–water partition coefficient (Wildman–Crippen LogP) is 2.83. The zero-order chi connectivity index (χ0) is 21.5. The first-order valence-corrected chi connectivity index (χ1v) is 9.00. The van der Waals surface area contributed by atoms with E-state index in [4.69, 9.17) is 5.73 Å². The molecule has 6 nitrogen and oxygen atoms in total. The molecule has 0 bridgehead atoms. The zero-order valence-corrected chi connectivity index (χ0v) is 15.7. The number of benzene rings is 1. The molecular weight excluding hydrogens is 397 g/mol. The molecule has 11 heteroatoms. The maximum Gasteiger partial charge on any atom is 0.451 e. The Hall–Kier alpha value is -2.56. The molecule has 158 valence electrons. The van der Waals surface area contributed by atoms with Crippen LogP contribution in [0, 0.1) is 11.6 Å². The van der Waals surface area contributed by atoms with Crippen molar-refractivity contribution < 1.29 is 26.7 Å². The Balaban J connectivity index is 1.74. The Bertz CT molecular complexity index is 913. The summed E-state index contributed by atoms with van der Waals surface area (Å²) in [6.07, 6.45) is -4.88. The summed E-state index contributed by atoms with van der Waals surface area (Å²) in [6, 6.07) is 0.904. The van der Waals surface area contributed by atoms with E-state index in [1.807, 2.05) is 0 Å². The van der Waals surface area contributed by atoms with Gasteiger partial charge in [0.2, 0.25) is 11.7 Å². The highest BCUT2D eigenvalue weighted by molar-refractivity contribution is 5.77. The maximum atomic E-state index is 13.8. The molecule has 0 radical (unpaired) electrons. The van der Waals surface area contributed by atoms with Crippen molar-refractivity contribution in [2.75, 3.05) is 0 Å². The largest absolute Gasteiger partial charge is 0.451 e. The number of hydrogen-bond acceptors (Lipinski definition) is 4. The molecule has 0 spiro atoms. The summed E-state index contributed by atoms with van der Waals surface area (Å²) in [7, 11) is 0. The maximum absolute atomic E-state index is 13.8.